The summed E-state index contributed by atoms with van der Waals surface area (Å²) in [5.41, 5.74) is 6.45. The summed E-state index contributed by atoms with van der Waals surface area (Å²) in [5.74, 6) is 0. The van der Waals surface area contributed by atoms with Gasteiger partial charge in [-0.05, 0) is 46.3 Å². The van der Waals surface area contributed by atoms with E-state index in [1.807, 2.05) is 0 Å². The molecule has 2 aromatic rings. The molecule has 0 aliphatic heterocycles. The third kappa shape index (κ3) is 3.20. The molecule has 0 radical (unpaired) electrons. The SMILES string of the molecule is Nc1ccc(Br)c(NS(=O)(=O)c2ccccc2Cl)c1. The molecule has 3 N–H and O–H groups in total. The Morgan fingerprint density at radius 1 is 1.16 bits per heavy atom. The number of benzene rings is 2. The van der Waals surface area contributed by atoms with Crippen LogP contribution >= 0.6 is 27.5 Å². The number of hydrogen-bond acceptors (Lipinski definition) is 3. The van der Waals surface area contributed by atoms with Crippen molar-refractivity contribution in [2.45, 2.75) is 4.90 Å². The largest absolute Gasteiger partial charge is 0.399 e. The number of nitrogens with one attached hydrogen (secondary N) is 1. The van der Waals surface area contributed by atoms with Crippen LogP contribution in [-0.2, 0) is 10.0 Å². The second kappa shape index (κ2) is 5.40. The summed E-state index contributed by atoms with van der Waals surface area (Å²) in [6, 6.07) is 11.1. The Bertz CT molecular complexity index is 719. The molecule has 0 heterocycles. The van der Waals surface area contributed by atoms with Crippen molar-refractivity contribution < 1.29 is 8.42 Å². The van der Waals surface area contributed by atoms with E-state index >= 15 is 0 Å². The van der Waals surface area contributed by atoms with Crippen LogP contribution in [0.15, 0.2) is 51.8 Å². The fourth-order valence-electron chi connectivity index (χ4n) is 1.48. The zero-order chi connectivity index (χ0) is 14.0. The molecule has 0 aliphatic carbocycles. The van der Waals surface area contributed by atoms with Gasteiger partial charge in [0.15, 0.2) is 0 Å². The fraction of sp³-hybridized carbons (Fsp3) is 0. The number of nitrogen functional groups attached to an aromatic ring is 1. The summed E-state index contributed by atoms with van der Waals surface area (Å²) < 4.78 is 27.5. The number of rotatable bonds is 3. The Morgan fingerprint density at radius 3 is 2.53 bits per heavy atom. The van der Waals surface area contributed by atoms with E-state index in [2.05, 4.69) is 20.7 Å². The first-order valence-electron chi connectivity index (χ1n) is 5.22. The van der Waals surface area contributed by atoms with Gasteiger partial charge in [-0.1, -0.05) is 23.7 Å². The molecule has 0 saturated carbocycles. The van der Waals surface area contributed by atoms with Gasteiger partial charge in [0, 0.05) is 10.2 Å². The predicted octanol–water partition coefficient (Wildman–Crippen LogP) is 3.49. The van der Waals surface area contributed by atoms with E-state index in [4.69, 9.17) is 17.3 Å². The van der Waals surface area contributed by atoms with E-state index in [9.17, 15) is 8.42 Å². The third-order valence-corrected chi connectivity index (χ3v) is 4.92. The predicted molar refractivity (Wildman–Crippen MR) is 80.8 cm³/mol. The molecule has 0 aromatic heterocycles. The maximum absolute atomic E-state index is 12.2. The standard InChI is InChI=1S/C12H10BrClN2O2S/c13-9-6-5-8(15)7-11(9)16-19(17,18)12-4-2-1-3-10(12)14/h1-7,16H,15H2. The number of halogens is 2. The maximum Gasteiger partial charge on any atom is 0.263 e. The van der Waals surface area contributed by atoms with Crippen molar-refractivity contribution in [3.05, 3.63) is 52.0 Å². The van der Waals surface area contributed by atoms with Crippen LogP contribution in [0.1, 0.15) is 0 Å². The first-order chi connectivity index (χ1) is 8.90. The molecule has 0 fully saturated rings. The number of nitrogens with two attached hydrogens (primary N) is 1. The highest BCUT2D eigenvalue weighted by molar-refractivity contribution is 9.10. The normalized spacial score (nSPS) is 11.3. The van der Waals surface area contributed by atoms with Crippen LogP contribution in [0.4, 0.5) is 11.4 Å². The van der Waals surface area contributed by atoms with Crippen molar-refractivity contribution in [3.8, 4) is 0 Å². The number of sulfonamides is 1. The van der Waals surface area contributed by atoms with Crippen molar-refractivity contribution in [1.29, 1.82) is 0 Å². The summed E-state index contributed by atoms with van der Waals surface area (Å²) in [7, 11) is -3.75. The molecule has 0 aliphatic rings. The van der Waals surface area contributed by atoms with Gasteiger partial charge in [-0.25, -0.2) is 8.42 Å². The lowest BCUT2D eigenvalue weighted by atomic mass is 10.3. The minimum atomic E-state index is -3.75. The average molecular weight is 362 g/mol. The van der Waals surface area contributed by atoms with Crippen LogP contribution < -0.4 is 10.5 Å². The Labute approximate surface area is 124 Å². The van der Waals surface area contributed by atoms with Gasteiger partial charge in [0.05, 0.1) is 10.7 Å². The van der Waals surface area contributed by atoms with E-state index in [-0.39, 0.29) is 9.92 Å². The molecule has 7 heteroatoms. The molecule has 2 aromatic carbocycles. The topological polar surface area (TPSA) is 72.2 Å². The van der Waals surface area contributed by atoms with Crippen LogP contribution in [0.3, 0.4) is 0 Å². The van der Waals surface area contributed by atoms with Gasteiger partial charge in [0.1, 0.15) is 4.90 Å². The molecule has 0 spiro atoms. The molecule has 0 unspecified atom stereocenters. The summed E-state index contributed by atoms with van der Waals surface area (Å²) in [4.78, 5) is 0.0194. The Balaban J connectivity index is 2.43. The first-order valence-corrected chi connectivity index (χ1v) is 7.88. The maximum atomic E-state index is 12.2. The highest BCUT2D eigenvalue weighted by Crippen LogP contribution is 2.29. The fourth-order valence-corrected chi connectivity index (χ4v) is 3.55. The monoisotopic (exact) mass is 360 g/mol. The lowest BCUT2D eigenvalue weighted by molar-refractivity contribution is 0.601. The van der Waals surface area contributed by atoms with E-state index < -0.39 is 10.0 Å². The summed E-state index contributed by atoms with van der Waals surface area (Å²) in [6.45, 7) is 0. The molecule has 100 valence electrons. The van der Waals surface area contributed by atoms with Crippen LogP contribution in [0.5, 0.6) is 0 Å². The van der Waals surface area contributed by atoms with Crippen molar-refractivity contribution in [2.75, 3.05) is 10.5 Å². The Morgan fingerprint density at radius 2 is 1.84 bits per heavy atom. The van der Waals surface area contributed by atoms with Crippen LogP contribution in [-0.4, -0.2) is 8.42 Å². The smallest absolute Gasteiger partial charge is 0.263 e. The molecule has 0 bridgehead atoms. The van der Waals surface area contributed by atoms with Crippen molar-refractivity contribution in [2.24, 2.45) is 0 Å². The molecule has 0 saturated heterocycles. The second-order valence-electron chi connectivity index (χ2n) is 3.78. The summed E-state index contributed by atoms with van der Waals surface area (Å²) in [6.07, 6.45) is 0. The van der Waals surface area contributed by atoms with Gasteiger partial charge < -0.3 is 5.73 Å². The minimum absolute atomic E-state index is 0.0194. The van der Waals surface area contributed by atoms with Gasteiger partial charge in [-0.3, -0.25) is 4.72 Å². The van der Waals surface area contributed by atoms with E-state index in [0.717, 1.165) is 0 Å². The summed E-state index contributed by atoms with van der Waals surface area (Å²) >= 11 is 9.15. The highest BCUT2D eigenvalue weighted by atomic mass is 79.9. The van der Waals surface area contributed by atoms with Gasteiger partial charge in [-0.2, -0.15) is 0 Å². The Hall–Kier alpha value is -1.24. The van der Waals surface area contributed by atoms with Crippen molar-refractivity contribution in [1.82, 2.24) is 0 Å². The van der Waals surface area contributed by atoms with E-state index in [0.29, 0.717) is 15.8 Å². The molecule has 4 nitrogen and oxygen atoms in total. The van der Waals surface area contributed by atoms with Gasteiger partial charge in [0.25, 0.3) is 10.0 Å². The van der Waals surface area contributed by atoms with Crippen LogP contribution in [0, 0.1) is 0 Å². The second-order valence-corrected chi connectivity index (χ2v) is 6.69. The zero-order valence-electron chi connectivity index (χ0n) is 9.60. The lowest BCUT2D eigenvalue weighted by Crippen LogP contribution is -2.14. The van der Waals surface area contributed by atoms with Gasteiger partial charge in [-0.15, -0.1) is 0 Å². The number of hydrogen-bond donors (Lipinski definition) is 2. The summed E-state index contributed by atoms with van der Waals surface area (Å²) in [5, 5.41) is 0.162. The van der Waals surface area contributed by atoms with E-state index in [1.54, 1.807) is 24.3 Å². The molecular weight excluding hydrogens is 352 g/mol. The highest BCUT2D eigenvalue weighted by Gasteiger charge is 2.18. The van der Waals surface area contributed by atoms with Crippen molar-refractivity contribution in [3.63, 3.8) is 0 Å². The minimum Gasteiger partial charge on any atom is -0.399 e. The molecule has 0 amide bonds. The van der Waals surface area contributed by atoms with E-state index in [1.165, 1.54) is 18.2 Å². The quantitative estimate of drug-likeness (QED) is 0.822. The first kappa shape index (κ1) is 14.2. The molecule has 0 atom stereocenters. The number of anilines is 2. The van der Waals surface area contributed by atoms with Gasteiger partial charge >= 0.3 is 0 Å². The van der Waals surface area contributed by atoms with Crippen molar-refractivity contribution >= 4 is 48.9 Å². The van der Waals surface area contributed by atoms with Gasteiger partial charge in [0.2, 0.25) is 0 Å². The molecule has 19 heavy (non-hydrogen) atoms. The zero-order valence-corrected chi connectivity index (χ0v) is 12.8. The van der Waals surface area contributed by atoms with Crippen LogP contribution in [0.25, 0.3) is 0 Å². The molecular formula is C12H10BrClN2O2S. The third-order valence-electron chi connectivity index (χ3n) is 2.36. The lowest BCUT2D eigenvalue weighted by Gasteiger charge is -2.11. The average Bonchev–Trinajstić information content (AvgIpc) is 2.34. The molecule has 2 rings (SSSR count). The Kier molecular flexibility index (Phi) is 4.03. The van der Waals surface area contributed by atoms with Crippen LogP contribution in [0.2, 0.25) is 5.02 Å².